The fourth-order valence-corrected chi connectivity index (χ4v) is 2.73. The molecule has 1 unspecified atom stereocenters. The van der Waals surface area contributed by atoms with Crippen molar-refractivity contribution in [1.82, 2.24) is 10.2 Å². The van der Waals surface area contributed by atoms with Gasteiger partial charge in [0, 0.05) is 19.6 Å². The van der Waals surface area contributed by atoms with Crippen molar-refractivity contribution < 1.29 is 4.74 Å². The van der Waals surface area contributed by atoms with Crippen LogP contribution in [0.15, 0.2) is 18.2 Å². The van der Waals surface area contributed by atoms with Gasteiger partial charge >= 0.3 is 0 Å². The Kier molecular flexibility index (Phi) is 3.04. The van der Waals surface area contributed by atoms with Crippen molar-refractivity contribution in [2.75, 3.05) is 20.1 Å². The van der Waals surface area contributed by atoms with E-state index in [1.54, 1.807) is 0 Å². The lowest BCUT2D eigenvalue weighted by Gasteiger charge is -2.24. The van der Waals surface area contributed by atoms with Gasteiger partial charge in [-0.15, -0.1) is 0 Å². The number of nitrogens with zero attached hydrogens (tertiary/aromatic N) is 1. The third kappa shape index (κ3) is 2.45. The average Bonchev–Trinajstić information content (AvgIpc) is 2.70. The number of piperidine rings is 1. The second kappa shape index (κ2) is 4.67. The van der Waals surface area contributed by atoms with Gasteiger partial charge in [-0.25, -0.2) is 0 Å². The van der Waals surface area contributed by atoms with Crippen LogP contribution in [0.2, 0.25) is 0 Å². The summed E-state index contributed by atoms with van der Waals surface area (Å²) >= 11 is 0. The van der Waals surface area contributed by atoms with Gasteiger partial charge in [-0.2, -0.15) is 0 Å². The van der Waals surface area contributed by atoms with E-state index in [2.05, 4.69) is 35.5 Å². The van der Waals surface area contributed by atoms with Gasteiger partial charge in [0.15, 0.2) is 0 Å². The summed E-state index contributed by atoms with van der Waals surface area (Å²) in [5.41, 5.74) is 2.87. The second-order valence-corrected chi connectivity index (χ2v) is 5.19. The number of fused-ring (bicyclic) bond motifs is 1. The Labute approximate surface area is 103 Å². The van der Waals surface area contributed by atoms with Crippen molar-refractivity contribution in [3.05, 3.63) is 29.3 Å². The summed E-state index contributed by atoms with van der Waals surface area (Å²) in [5.74, 6) is 1.03. The van der Waals surface area contributed by atoms with E-state index in [4.69, 9.17) is 4.74 Å². The Morgan fingerprint density at radius 3 is 3.00 bits per heavy atom. The smallest absolute Gasteiger partial charge is 0.120 e. The highest BCUT2D eigenvalue weighted by Gasteiger charge is 2.18. The highest BCUT2D eigenvalue weighted by molar-refractivity contribution is 5.37. The first kappa shape index (κ1) is 11.1. The molecule has 0 amide bonds. The maximum absolute atomic E-state index is 6.03. The van der Waals surface area contributed by atoms with E-state index in [0.29, 0.717) is 6.10 Å². The van der Waals surface area contributed by atoms with E-state index >= 15 is 0 Å². The van der Waals surface area contributed by atoms with Crippen molar-refractivity contribution in [3.63, 3.8) is 0 Å². The van der Waals surface area contributed by atoms with Crippen molar-refractivity contribution >= 4 is 0 Å². The van der Waals surface area contributed by atoms with Crippen molar-refractivity contribution in [2.45, 2.75) is 32.0 Å². The third-order valence-electron chi connectivity index (χ3n) is 3.61. The molecule has 1 N–H and O–H groups in total. The number of rotatable bonds is 2. The molecule has 2 aliphatic heterocycles. The zero-order valence-corrected chi connectivity index (χ0v) is 10.4. The van der Waals surface area contributed by atoms with Gasteiger partial charge < -0.3 is 10.1 Å². The molecule has 2 heterocycles. The van der Waals surface area contributed by atoms with Gasteiger partial charge in [0.1, 0.15) is 11.9 Å². The van der Waals surface area contributed by atoms with Gasteiger partial charge in [0.2, 0.25) is 0 Å². The van der Waals surface area contributed by atoms with E-state index in [0.717, 1.165) is 31.9 Å². The summed E-state index contributed by atoms with van der Waals surface area (Å²) in [6, 6.07) is 6.55. The SMILES string of the molecule is CN1Cc2ccc(OC3CCCNC3)cc2C1. The molecule has 0 bridgehead atoms. The van der Waals surface area contributed by atoms with Crippen LogP contribution < -0.4 is 10.1 Å². The Bertz CT molecular complexity index is 399. The molecule has 17 heavy (non-hydrogen) atoms. The summed E-state index contributed by atoms with van der Waals surface area (Å²) in [4.78, 5) is 2.33. The van der Waals surface area contributed by atoms with Crippen LogP contribution in [0, 0.1) is 0 Å². The van der Waals surface area contributed by atoms with Gasteiger partial charge in [0.25, 0.3) is 0 Å². The zero-order chi connectivity index (χ0) is 11.7. The maximum Gasteiger partial charge on any atom is 0.120 e. The molecule has 3 heteroatoms. The Hall–Kier alpha value is -1.06. The minimum absolute atomic E-state index is 0.348. The average molecular weight is 232 g/mol. The summed E-state index contributed by atoms with van der Waals surface area (Å²) in [6.07, 6.45) is 2.74. The molecule has 92 valence electrons. The standard InChI is InChI=1S/C14H20N2O/c1-16-9-11-4-5-13(7-12(11)10-16)17-14-3-2-6-15-8-14/h4-5,7,14-15H,2-3,6,8-10H2,1H3. The summed E-state index contributed by atoms with van der Waals surface area (Å²) in [5, 5.41) is 3.38. The Balaban J connectivity index is 1.69. The fourth-order valence-electron chi connectivity index (χ4n) is 2.73. The highest BCUT2D eigenvalue weighted by Crippen LogP contribution is 2.26. The Morgan fingerprint density at radius 2 is 2.18 bits per heavy atom. The predicted octanol–water partition coefficient (Wildman–Crippen LogP) is 1.76. The molecule has 1 saturated heterocycles. The lowest BCUT2D eigenvalue weighted by molar-refractivity contribution is 0.167. The molecule has 3 rings (SSSR count). The summed E-state index contributed by atoms with van der Waals surface area (Å²) < 4.78 is 6.03. The second-order valence-electron chi connectivity index (χ2n) is 5.19. The largest absolute Gasteiger partial charge is 0.489 e. The molecule has 0 aliphatic carbocycles. The molecular weight excluding hydrogens is 212 g/mol. The molecule has 0 aromatic heterocycles. The molecule has 3 nitrogen and oxygen atoms in total. The number of ether oxygens (including phenoxy) is 1. The van der Waals surface area contributed by atoms with Crippen LogP contribution in [0.25, 0.3) is 0 Å². The van der Waals surface area contributed by atoms with Crippen LogP contribution in [0.4, 0.5) is 0 Å². The van der Waals surface area contributed by atoms with Crippen molar-refractivity contribution in [3.8, 4) is 5.75 Å². The topological polar surface area (TPSA) is 24.5 Å². The van der Waals surface area contributed by atoms with E-state index < -0.39 is 0 Å². The van der Waals surface area contributed by atoms with Gasteiger partial charge in [-0.05, 0) is 49.7 Å². The van der Waals surface area contributed by atoms with Crippen LogP contribution in [0.5, 0.6) is 5.75 Å². The van der Waals surface area contributed by atoms with Crippen LogP contribution in [0.3, 0.4) is 0 Å². The molecule has 1 aromatic rings. The molecule has 1 aromatic carbocycles. The Morgan fingerprint density at radius 1 is 1.29 bits per heavy atom. The van der Waals surface area contributed by atoms with Gasteiger partial charge in [-0.1, -0.05) is 6.07 Å². The van der Waals surface area contributed by atoms with Crippen LogP contribution in [-0.4, -0.2) is 31.1 Å². The van der Waals surface area contributed by atoms with Crippen molar-refractivity contribution in [1.29, 1.82) is 0 Å². The minimum Gasteiger partial charge on any atom is -0.489 e. The maximum atomic E-state index is 6.03. The number of nitrogens with one attached hydrogen (secondary N) is 1. The normalized spacial score (nSPS) is 24.6. The van der Waals surface area contributed by atoms with Crippen molar-refractivity contribution in [2.24, 2.45) is 0 Å². The van der Waals surface area contributed by atoms with E-state index in [1.807, 2.05) is 0 Å². The molecule has 1 fully saturated rings. The number of hydrogen-bond donors (Lipinski definition) is 1. The zero-order valence-electron chi connectivity index (χ0n) is 10.4. The first-order valence-corrected chi connectivity index (χ1v) is 6.49. The predicted molar refractivity (Wildman–Crippen MR) is 68.1 cm³/mol. The van der Waals surface area contributed by atoms with E-state index in [1.165, 1.54) is 24.0 Å². The quantitative estimate of drug-likeness (QED) is 0.841. The lowest BCUT2D eigenvalue weighted by atomic mass is 10.1. The third-order valence-corrected chi connectivity index (χ3v) is 3.61. The fraction of sp³-hybridized carbons (Fsp3) is 0.571. The highest BCUT2D eigenvalue weighted by atomic mass is 16.5. The molecule has 0 radical (unpaired) electrons. The first-order chi connectivity index (χ1) is 8.31. The minimum atomic E-state index is 0.348. The molecule has 1 atom stereocenters. The molecule has 0 saturated carbocycles. The summed E-state index contributed by atoms with van der Waals surface area (Å²) in [6.45, 7) is 4.24. The lowest BCUT2D eigenvalue weighted by Crippen LogP contribution is -2.37. The molecule has 0 spiro atoms. The van der Waals surface area contributed by atoms with Crippen LogP contribution in [0.1, 0.15) is 24.0 Å². The number of hydrogen-bond acceptors (Lipinski definition) is 3. The van der Waals surface area contributed by atoms with E-state index in [-0.39, 0.29) is 0 Å². The monoisotopic (exact) mass is 232 g/mol. The molecular formula is C14H20N2O. The van der Waals surface area contributed by atoms with Gasteiger partial charge in [-0.3, -0.25) is 4.90 Å². The number of benzene rings is 1. The first-order valence-electron chi connectivity index (χ1n) is 6.49. The molecule has 2 aliphatic rings. The van der Waals surface area contributed by atoms with E-state index in [9.17, 15) is 0 Å². The van der Waals surface area contributed by atoms with Crippen LogP contribution >= 0.6 is 0 Å². The van der Waals surface area contributed by atoms with Crippen LogP contribution in [-0.2, 0) is 13.1 Å². The summed E-state index contributed by atoms with van der Waals surface area (Å²) in [7, 11) is 2.16. The van der Waals surface area contributed by atoms with Gasteiger partial charge in [0.05, 0.1) is 0 Å².